The number of aromatic hydroxyl groups is 1. The number of phenolic OH excluding ortho intramolecular Hbond substituents is 1. The molecule has 2 aromatic carbocycles. The van der Waals surface area contributed by atoms with Gasteiger partial charge in [0.1, 0.15) is 18.2 Å². The van der Waals surface area contributed by atoms with Crippen LogP contribution in [0.2, 0.25) is 0 Å². The molecular weight excluding hydrogens is 508 g/mol. The number of hydrogen-bond donors (Lipinski definition) is 2. The Bertz CT molecular complexity index is 1450. The van der Waals surface area contributed by atoms with E-state index in [1.807, 2.05) is 24.3 Å². The topological polar surface area (TPSA) is 111 Å². The highest BCUT2D eigenvalue weighted by atomic mass is 16.5. The van der Waals surface area contributed by atoms with Gasteiger partial charge in [-0.05, 0) is 36.8 Å². The zero-order chi connectivity index (χ0) is 27.6. The van der Waals surface area contributed by atoms with Gasteiger partial charge in [0, 0.05) is 61.8 Å². The first kappa shape index (κ1) is 25.9. The summed E-state index contributed by atoms with van der Waals surface area (Å²) < 4.78 is 6.10. The van der Waals surface area contributed by atoms with Crippen LogP contribution in [0.5, 0.6) is 11.8 Å². The second kappa shape index (κ2) is 11.0. The Hall–Kier alpha value is -4.34. The van der Waals surface area contributed by atoms with Crippen molar-refractivity contribution in [2.24, 2.45) is 0 Å². The molecule has 4 heterocycles. The van der Waals surface area contributed by atoms with Gasteiger partial charge in [0.25, 0.3) is 0 Å². The summed E-state index contributed by atoms with van der Waals surface area (Å²) in [5.41, 5.74) is 2.93. The van der Waals surface area contributed by atoms with Crippen LogP contribution >= 0.6 is 0 Å². The van der Waals surface area contributed by atoms with Gasteiger partial charge in [0.05, 0.1) is 18.3 Å². The second-order valence-corrected chi connectivity index (χ2v) is 10.6. The van der Waals surface area contributed by atoms with Gasteiger partial charge >= 0.3 is 6.01 Å². The summed E-state index contributed by atoms with van der Waals surface area (Å²) in [6, 6.07) is 11.9. The average molecular weight is 543 g/mol. The Morgan fingerprint density at radius 3 is 2.73 bits per heavy atom. The van der Waals surface area contributed by atoms with Crippen LogP contribution in [0.3, 0.4) is 0 Å². The fraction of sp³-hybridized carbons (Fsp3) is 0.400. The fourth-order valence-electron chi connectivity index (χ4n) is 5.91. The smallest absolute Gasteiger partial charge is 0.318 e. The van der Waals surface area contributed by atoms with Gasteiger partial charge in [-0.1, -0.05) is 30.8 Å². The first-order valence-electron chi connectivity index (χ1n) is 13.9. The largest absolute Gasteiger partial charge is 0.508 e. The lowest BCUT2D eigenvalue weighted by molar-refractivity contribution is -0.126. The number of aromatic nitrogens is 2. The molecule has 10 heteroatoms. The molecule has 2 fully saturated rings. The number of hydrogen-bond acceptors (Lipinski definition) is 8. The van der Waals surface area contributed by atoms with Crippen molar-refractivity contribution in [1.82, 2.24) is 20.2 Å². The van der Waals surface area contributed by atoms with Crippen LogP contribution in [0.25, 0.3) is 10.8 Å². The number of piperazine rings is 1. The average Bonchev–Trinajstić information content (AvgIpc) is 2.98. The van der Waals surface area contributed by atoms with Crippen molar-refractivity contribution in [3.8, 4) is 11.8 Å². The van der Waals surface area contributed by atoms with Crippen LogP contribution in [-0.4, -0.2) is 77.2 Å². The number of phenols is 1. The van der Waals surface area contributed by atoms with E-state index < -0.39 is 0 Å². The maximum atomic E-state index is 12.1. The number of piperidine rings is 1. The molecule has 2 N–H and O–H groups in total. The minimum absolute atomic E-state index is 0.0489. The molecule has 0 radical (unpaired) electrons. The number of anilines is 2. The summed E-state index contributed by atoms with van der Waals surface area (Å²) in [5.74, 6) is 1.07. The van der Waals surface area contributed by atoms with E-state index in [9.17, 15) is 14.7 Å². The minimum atomic E-state index is -0.0621. The Morgan fingerprint density at radius 2 is 1.93 bits per heavy atom. The number of benzene rings is 2. The zero-order valence-corrected chi connectivity index (χ0v) is 22.5. The lowest BCUT2D eigenvalue weighted by atomic mass is 10.0. The van der Waals surface area contributed by atoms with Crippen LogP contribution in [0.1, 0.15) is 30.5 Å². The van der Waals surface area contributed by atoms with Crippen molar-refractivity contribution in [2.75, 3.05) is 49.1 Å². The van der Waals surface area contributed by atoms with Crippen molar-refractivity contribution in [2.45, 2.75) is 38.3 Å². The molecule has 3 aromatic rings. The Labute approximate surface area is 233 Å². The molecule has 40 heavy (non-hydrogen) atoms. The molecule has 10 nitrogen and oxygen atoms in total. The summed E-state index contributed by atoms with van der Waals surface area (Å²) in [7, 11) is 0. The summed E-state index contributed by atoms with van der Waals surface area (Å²) in [5, 5.41) is 15.5. The van der Waals surface area contributed by atoms with E-state index in [0.29, 0.717) is 51.8 Å². The molecule has 1 atom stereocenters. The summed E-state index contributed by atoms with van der Waals surface area (Å²) in [6.45, 7) is 7.72. The van der Waals surface area contributed by atoms with E-state index >= 15 is 0 Å². The molecule has 1 aromatic heterocycles. The summed E-state index contributed by atoms with van der Waals surface area (Å²) >= 11 is 0. The number of fused-ring (bicyclic) bond motifs is 2. The Morgan fingerprint density at radius 1 is 1.10 bits per heavy atom. The number of carbonyl (C=O) groups excluding carboxylic acids is 2. The molecule has 3 aliphatic heterocycles. The van der Waals surface area contributed by atoms with Gasteiger partial charge in [-0.3, -0.25) is 9.59 Å². The highest BCUT2D eigenvalue weighted by Crippen LogP contribution is 2.36. The third kappa shape index (κ3) is 5.25. The Kier molecular flexibility index (Phi) is 7.15. The lowest BCUT2D eigenvalue weighted by Crippen LogP contribution is -2.49. The van der Waals surface area contributed by atoms with Crippen molar-refractivity contribution in [3.05, 3.63) is 60.3 Å². The molecule has 0 spiro atoms. The Balaban J connectivity index is 1.30. The predicted octanol–water partition coefficient (Wildman–Crippen LogP) is 2.78. The molecule has 2 saturated heterocycles. The van der Waals surface area contributed by atoms with Crippen molar-refractivity contribution >= 4 is 34.1 Å². The van der Waals surface area contributed by atoms with E-state index in [2.05, 4.69) is 27.8 Å². The molecule has 0 aliphatic carbocycles. The fourth-order valence-corrected chi connectivity index (χ4v) is 5.91. The molecule has 208 valence electrons. The van der Waals surface area contributed by atoms with E-state index in [1.165, 1.54) is 6.08 Å². The van der Waals surface area contributed by atoms with Crippen molar-refractivity contribution in [1.29, 1.82) is 0 Å². The van der Waals surface area contributed by atoms with Gasteiger partial charge in [-0.25, -0.2) is 0 Å². The highest BCUT2D eigenvalue weighted by Gasteiger charge is 2.29. The van der Waals surface area contributed by atoms with E-state index in [1.54, 1.807) is 11.0 Å². The lowest BCUT2D eigenvalue weighted by Gasteiger charge is -2.38. The van der Waals surface area contributed by atoms with Crippen LogP contribution < -0.4 is 19.9 Å². The van der Waals surface area contributed by atoms with Gasteiger partial charge in [0.15, 0.2) is 0 Å². The monoisotopic (exact) mass is 542 g/mol. The van der Waals surface area contributed by atoms with Gasteiger partial charge in [-0.15, -0.1) is 0 Å². The van der Waals surface area contributed by atoms with Gasteiger partial charge < -0.3 is 29.9 Å². The summed E-state index contributed by atoms with van der Waals surface area (Å²) in [4.78, 5) is 40.0. The molecule has 2 amide bonds. The van der Waals surface area contributed by atoms with Crippen LogP contribution in [0.4, 0.5) is 11.5 Å². The number of ether oxygens (including phenoxy) is 1. The standard InChI is InChI=1S/C30H34N6O4/c1-2-28(39)34-12-14-35(15-13-34)29-24-10-11-36(26-17-22(37)16-20-6-3-4-8-23(20)26)18-25(24)32-30(33-29)40-19-21-7-5-9-27(38)31-21/h2-4,6,8,16-17,21,37H,1,5,7,9-15,18-19H2,(H,31,38)/t21-/m1/s1. The van der Waals surface area contributed by atoms with Crippen LogP contribution in [0.15, 0.2) is 49.1 Å². The first-order valence-corrected chi connectivity index (χ1v) is 13.9. The van der Waals surface area contributed by atoms with Gasteiger partial charge in [0.2, 0.25) is 11.8 Å². The third-order valence-electron chi connectivity index (χ3n) is 7.99. The molecule has 0 bridgehead atoms. The number of carbonyl (C=O) groups is 2. The normalized spacial score (nSPS) is 19.2. The maximum absolute atomic E-state index is 12.1. The summed E-state index contributed by atoms with van der Waals surface area (Å²) in [6.07, 6.45) is 4.35. The predicted molar refractivity (Wildman–Crippen MR) is 153 cm³/mol. The first-order chi connectivity index (χ1) is 19.5. The van der Waals surface area contributed by atoms with E-state index in [0.717, 1.165) is 59.3 Å². The number of rotatable bonds is 6. The molecule has 6 rings (SSSR count). The number of amides is 2. The molecular formula is C30H34N6O4. The zero-order valence-electron chi connectivity index (χ0n) is 22.5. The molecule has 3 aliphatic rings. The molecule has 0 unspecified atom stereocenters. The van der Waals surface area contributed by atoms with Crippen LogP contribution in [0, 0.1) is 0 Å². The van der Waals surface area contributed by atoms with Crippen molar-refractivity contribution in [3.63, 3.8) is 0 Å². The minimum Gasteiger partial charge on any atom is -0.508 e. The quantitative estimate of drug-likeness (QED) is 0.458. The van der Waals surface area contributed by atoms with Crippen molar-refractivity contribution < 1.29 is 19.4 Å². The highest BCUT2D eigenvalue weighted by molar-refractivity contribution is 5.95. The maximum Gasteiger partial charge on any atom is 0.318 e. The van der Waals surface area contributed by atoms with E-state index in [4.69, 9.17) is 14.7 Å². The SMILES string of the molecule is C=CC(=O)N1CCN(c2nc(OC[C@H]3CCCC(=O)N3)nc3c2CCN(c2cc(O)cc4ccccc24)C3)CC1. The number of nitrogens with one attached hydrogen (secondary N) is 1. The van der Waals surface area contributed by atoms with Gasteiger partial charge in [-0.2, -0.15) is 9.97 Å². The van der Waals surface area contributed by atoms with Crippen LogP contribution in [-0.2, 0) is 22.6 Å². The van der Waals surface area contributed by atoms with E-state index in [-0.39, 0.29) is 23.6 Å². The second-order valence-electron chi connectivity index (χ2n) is 10.6. The third-order valence-corrected chi connectivity index (χ3v) is 7.99. The number of nitrogens with zero attached hydrogens (tertiary/aromatic N) is 5. The molecule has 0 saturated carbocycles.